The second kappa shape index (κ2) is 11.1. The lowest BCUT2D eigenvalue weighted by Crippen LogP contribution is -2.48. The first kappa shape index (κ1) is 25.1. The highest BCUT2D eigenvalue weighted by molar-refractivity contribution is 5.95. The first-order valence-corrected chi connectivity index (χ1v) is 11.8. The van der Waals surface area contributed by atoms with Crippen LogP contribution >= 0.6 is 24.8 Å². The maximum Gasteiger partial charge on any atom is 0.270 e. The molecule has 0 bridgehead atoms. The van der Waals surface area contributed by atoms with Gasteiger partial charge in [-0.25, -0.2) is 4.98 Å². The summed E-state index contributed by atoms with van der Waals surface area (Å²) in [7, 11) is 0. The second-order valence-corrected chi connectivity index (χ2v) is 9.47. The fraction of sp³-hybridized carbons (Fsp3) is 0.667. The number of halogens is 2. The number of hydrogen-bond acceptors (Lipinski definition) is 4. The average Bonchev–Trinajstić information content (AvgIpc) is 3.55. The smallest absolute Gasteiger partial charge is 0.270 e. The Morgan fingerprint density at radius 3 is 2.66 bits per heavy atom. The van der Waals surface area contributed by atoms with Crippen molar-refractivity contribution in [2.24, 2.45) is 5.92 Å². The van der Waals surface area contributed by atoms with E-state index >= 15 is 0 Å². The molecule has 32 heavy (non-hydrogen) atoms. The maximum absolute atomic E-state index is 13.2. The summed E-state index contributed by atoms with van der Waals surface area (Å²) in [5, 5.41) is 3.29. The zero-order chi connectivity index (χ0) is 20.5. The summed E-state index contributed by atoms with van der Waals surface area (Å²) in [5.74, 6) is 1.40. The van der Waals surface area contributed by atoms with Crippen LogP contribution in [0.1, 0.15) is 74.0 Å². The fourth-order valence-corrected chi connectivity index (χ4v) is 5.25. The van der Waals surface area contributed by atoms with E-state index in [1.165, 1.54) is 51.5 Å². The number of ether oxygens (including phenoxy) is 1. The van der Waals surface area contributed by atoms with E-state index in [1.54, 1.807) is 0 Å². The summed E-state index contributed by atoms with van der Waals surface area (Å²) in [4.78, 5) is 20.4. The molecule has 3 fully saturated rings. The number of likely N-dealkylation sites (tertiary alicyclic amines) is 1. The third-order valence-electron chi connectivity index (χ3n) is 7.05. The molecule has 178 valence electrons. The molecule has 2 aromatic heterocycles. The van der Waals surface area contributed by atoms with Gasteiger partial charge >= 0.3 is 0 Å². The normalized spacial score (nSPS) is 22.1. The Morgan fingerprint density at radius 1 is 1.12 bits per heavy atom. The number of aromatic nitrogens is 2. The molecule has 0 unspecified atom stereocenters. The van der Waals surface area contributed by atoms with Crippen molar-refractivity contribution in [1.82, 2.24) is 19.6 Å². The molecular formula is C24H36Cl2N4O2. The number of hydrogen-bond donors (Lipinski definition) is 1. The molecule has 1 atom stereocenters. The van der Waals surface area contributed by atoms with Crippen LogP contribution in [0.4, 0.5) is 0 Å². The third-order valence-corrected chi connectivity index (χ3v) is 7.05. The minimum atomic E-state index is -0.0212. The number of aryl methyl sites for hydroxylation is 1. The number of nitrogens with one attached hydrogen (secondary N) is 1. The topological polar surface area (TPSA) is 58.9 Å². The van der Waals surface area contributed by atoms with E-state index in [9.17, 15) is 4.79 Å². The summed E-state index contributed by atoms with van der Waals surface area (Å²) >= 11 is 0. The number of imidazole rings is 1. The first-order valence-electron chi connectivity index (χ1n) is 11.8. The van der Waals surface area contributed by atoms with Crippen LogP contribution < -0.4 is 10.1 Å². The molecule has 1 amide bonds. The van der Waals surface area contributed by atoms with E-state index in [-0.39, 0.29) is 36.8 Å². The molecular weight excluding hydrogens is 447 g/mol. The van der Waals surface area contributed by atoms with E-state index < -0.39 is 0 Å². The van der Waals surface area contributed by atoms with Crippen molar-refractivity contribution in [1.29, 1.82) is 0 Å². The molecule has 3 aliphatic rings. The molecule has 0 spiro atoms. The number of carbonyl (C=O) groups excluding carboxylic acids is 1. The summed E-state index contributed by atoms with van der Waals surface area (Å²) in [5.41, 5.74) is 2.15. The Balaban J connectivity index is 0.00000144. The molecule has 1 saturated heterocycles. The number of amides is 1. The predicted octanol–water partition coefficient (Wildman–Crippen LogP) is 4.80. The van der Waals surface area contributed by atoms with Crippen molar-refractivity contribution < 1.29 is 9.53 Å². The van der Waals surface area contributed by atoms with Gasteiger partial charge in [-0.2, -0.15) is 0 Å². The Morgan fingerprint density at radius 2 is 1.91 bits per heavy atom. The van der Waals surface area contributed by atoms with Gasteiger partial charge in [-0.1, -0.05) is 19.3 Å². The van der Waals surface area contributed by atoms with Crippen molar-refractivity contribution >= 4 is 36.4 Å². The molecule has 5 rings (SSSR count). The van der Waals surface area contributed by atoms with E-state index in [4.69, 9.17) is 9.72 Å². The van der Waals surface area contributed by atoms with Crippen LogP contribution in [-0.2, 0) is 0 Å². The van der Waals surface area contributed by atoms with Crippen molar-refractivity contribution in [2.45, 2.75) is 76.8 Å². The molecule has 6 nitrogen and oxygen atoms in total. The minimum absolute atomic E-state index is 0. The third kappa shape index (κ3) is 5.52. The predicted molar refractivity (Wildman–Crippen MR) is 132 cm³/mol. The first-order chi connectivity index (χ1) is 14.7. The molecule has 1 N–H and O–H groups in total. The van der Waals surface area contributed by atoms with Gasteiger partial charge in [-0.15, -0.1) is 24.8 Å². The van der Waals surface area contributed by atoms with Gasteiger partial charge in [0.25, 0.3) is 5.91 Å². The van der Waals surface area contributed by atoms with Gasteiger partial charge in [0.15, 0.2) is 11.4 Å². The van der Waals surface area contributed by atoms with E-state index in [0.717, 1.165) is 49.1 Å². The number of nitrogens with zero attached hydrogens (tertiary/aromatic N) is 3. The zero-order valence-corrected chi connectivity index (χ0v) is 20.6. The van der Waals surface area contributed by atoms with Gasteiger partial charge < -0.3 is 10.1 Å². The highest BCUT2D eigenvalue weighted by Crippen LogP contribution is 2.30. The quantitative estimate of drug-likeness (QED) is 0.641. The Hall–Kier alpha value is -1.50. The molecule has 0 aromatic carbocycles. The Labute approximate surface area is 203 Å². The SMILES string of the molecule is Cc1nc2c(OCC3CCCCC3)cccn2c1C(=O)N[C@H]1CCCN(C2CC2)C1.Cl.Cl. The lowest BCUT2D eigenvalue weighted by molar-refractivity contribution is 0.0893. The van der Waals surface area contributed by atoms with Crippen molar-refractivity contribution in [3.05, 3.63) is 29.7 Å². The van der Waals surface area contributed by atoms with Gasteiger partial charge in [0.05, 0.1) is 12.3 Å². The standard InChI is InChI=1S/C24H34N4O2.2ClH/c1-17-22(24(29)26-19-9-5-13-27(15-19)20-11-12-20)28-14-6-10-21(23(28)25-17)30-16-18-7-3-2-4-8-18;;/h6,10,14,18-20H,2-5,7-9,11-13,15-16H2,1H3,(H,26,29);2*1H/t19-;;/m0../s1. The number of pyridine rings is 1. The maximum atomic E-state index is 13.2. The average molecular weight is 483 g/mol. The monoisotopic (exact) mass is 482 g/mol. The van der Waals surface area contributed by atoms with Crippen molar-refractivity contribution in [3.8, 4) is 5.75 Å². The Bertz CT molecular complexity index is 909. The number of fused-ring (bicyclic) bond motifs is 1. The molecule has 0 radical (unpaired) electrons. The van der Waals surface area contributed by atoms with Gasteiger partial charge in [-0.3, -0.25) is 14.1 Å². The molecule has 3 heterocycles. The van der Waals surface area contributed by atoms with Crippen LogP contribution in [0.3, 0.4) is 0 Å². The second-order valence-electron chi connectivity index (χ2n) is 9.47. The number of rotatable bonds is 6. The number of piperidine rings is 1. The van der Waals surface area contributed by atoms with Gasteiger partial charge in [-0.05, 0) is 70.0 Å². The van der Waals surface area contributed by atoms with Crippen LogP contribution in [0.25, 0.3) is 5.65 Å². The van der Waals surface area contributed by atoms with E-state index in [1.807, 2.05) is 29.7 Å². The lowest BCUT2D eigenvalue weighted by atomic mass is 9.90. The van der Waals surface area contributed by atoms with Crippen LogP contribution in [-0.4, -0.2) is 52.0 Å². The number of carbonyl (C=O) groups is 1. The van der Waals surface area contributed by atoms with Crippen molar-refractivity contribution in [3.63, 3.8) is 0 Å². The summed E-state index contributed by atoms with van der Waals surface area (Å²) < 4.78 is 8.09. The molecule has 1 aliphatic heterocycles. The molecule has 2 aromatic rings. The van der Waals surface area contributed by atoms with Gasteiger partial charge in [0, 0.05) is 24.8 Å². The minimum Gasteiger partial charge on any atom is -0.489 e. The Kier molecular flexibility index (Phi) is 8.70. The van der Waals surface area contributed by atoms with E-state index in [2.05, 4.69) is 10.2 Å². The zero-order valence-electron chi connectivity index (χ0n) is 18.9. The van der Waals surface area contributed by atoms with Crippen LogP contribution in [0.5, 0.6) is 5.75 Å². The lowest BCUT2D eigenvalue weighted by Gasteiger charge is -2.33. The molecule has 2 aliphatic carbocycles. The highest BCUT2D eigenvalue weighted by atomic mass is 35.5. The highest BCUT2D eigenvalue weighted by Gasteiger charge is 2.33. The van der Waals surface area contributed by atoms with Crippen LogP contribution in [0, 0.1) is 12.8 Å². The molecule has 8 heteroatoms. The summed E-state index contributed by atoms with van der Waals surface area (Å²) in [6, 6.07) is 4.91. The largest absolute Gasteiger partial charge is 0.489 e. The van der Waals surface area contributed by atoms with Crippen LogP contribution in [0.2, 0.25) is 0 Å². The van der Waals surface area contributed by atoms with E-state index in [0.29, 0.717) is 11.6 Å². The molecule has 2 saturated carbocycles. The van der Waals surface area contributed by atoms with Crippen LogP contribution in [0.15, 0.2) is 18.3 Å². The summed E-state index contributed by atoms with van der Waals surface area (Å²) in [6.45, 7) is 4.81. The van der Waals surface area contributed by atoms with Crippen molar-refractivity contribution in [2.75, 3.05) is 19.7 Å². The fourth-order valence-electron chi connectivity index (χ4n) is 5.25. The summed E-state index contributed by atoms with van der Waals surface area (Å²) in [6.07, 6.45) is 13.3. The van der Waals surface area contributed by atoms with Gasteiger partial charge in [0.1, 0.15) is 5.69 Å². The van der Waals surface area contributed by atoms with Gasteiger partial charge in [0.2, 0.25) is 0 Å².